The topological polar surface area (TPSA) is 118 Å². The van der Waals surface area contributed by atoms with Gasteiger partial charge in [0.15, 0.2) is 11.3 Å². The molecule has 18 heavy (non-hydrogen) atoms. The molecule has 1 fully saturated rings. The van der Waals surface area contributed by atoms with Gasteiger partial charge in [0.25, 0.3) is 5.56 Å². The summed E-state index contributed by atoms with van der Waals surface area (Å²) in [6.45, 7) is 0. The first kappa shape index (κ1) is 12.9. The second kappa shape index (κ2) is 5.40. The number of nitrogens with zero attached hydrogens (tertiary/aromatic N) is 1. The average Bonchev–Trinajstić information content (AvgIpc) is 2.73. The molecule has 0 bridgehead atoms. The fourth-order valence-corrected chi connectivity index (χ4v) is 2.64. The van der Waals surface area contributed by atoms with Crippen molar-refractivity contribution in [2.75, 3.05) is 11.5 Å². The van der Waals surface area contributed by atoms with Crippen molar-refractivity contribution >= 4 is 23.5 Å². The first-order valence-corrected chi connectivity index (χ1v) is 6.41. The van der Waals surface area contributed by atoms with E-state index in [9.17, 15) is 9.59 Å². The van der Waals surface area contributed by atoms with E-state index in [1.807, 2.05) is 0 Å². The zero-order valence-corrected chi connectivity index (χ0v) is 10.3. The van der Waals surface area contributed by atoms with Crippen LogP contribution in [0.2, 0.25) is 0 Å². The van der Waals surface area contributed by atoms with E-state index in [4.69, 9.17) is 15.6 Å². The number of aliphatic carboxylic acids is 1. The largest absolute Gasteiger partial charge is 0.479 e. The van der Waals surface area contributed by atoms with E-state index in [-0.39, 0.29) is 17.5 Å². The molecule has 1 aromatic rings. The van der Waals surface area contributed by atoms with Gasteiger partial charge in [0.1, 0.15) is 5.82 Å². The third-order valence-corrected chi connectivity index (χ3v) is 3.53. The molecule has 0 saturated carbocycles. The van der Waals surface area contributed by atoms with Crippen molar-refractivity contribution in [3.8, 4) is 0 Å². The highest BCUT2D eigenvalue weighted by atomic mass is 32.2. The van der Waals surface area contributed by atoms with Crippen molar-refractivity contribution in [1.29, 1.82) is 0 Å². The van der Waals surface area contributed by atoms with Crippen LogP contribution in [0.1, 0.15) is 12.8 Å². The molecule has 0 spiro atoms. The van der Waals surface area contributed by atoms with Crippen LogP contribution >= 0.6 is 11.8 Å². The lowest BCUT2D eigenvalue weighted by molar-refractivity contribution is -0.148. The maximum atomic E-state index is 11.2. The average molecular weight is 271 g/mol. The molecule has 1 aliphatic heterocycles. The minimum atomic E-state index is -0.932. The molecular weight excluding hydrogens is 258 g/mol. The number of anilines is 1. The number of aromatic nitrogens is 2. The Hall–Kier alpha value is -1.54. The van der Waals surface area contributed by atoms with Gasteiger partial charge in [-0.25, -0.2) is 9.78 Å². The molecule has 8 heteroatoms. The summed E-state index contributed by atoms with van der Waals surface area (Å²) in [7, 11) is 0. The number of thioether (sulfide) groups is 1. The smallest absolute Gasteiger partial charge is 0.332 e. The SMILES string of the molecule is Nc1cc(=O)[nH]c(SCC2CCC(C(=O)O)O2)n1. The van der Waals surface area contributed by atoms with Gasteiger partial charge >= 0.3 is 5.97 Å². The summed E-state index contributed by atoms with van der Waals surface area (Å²) < 4.78 is 5.33. The Morgan fingerprint density at radius 1 is 1.67 bits per heavy atom. The molecule has 1 aliphatic rings. The number of nitrogens with one attached hydrogen (secondary N) is 1. The predicted molar refractivity (Wildman–Crippen MR) is 65.5 cm³/mol. The summed E-state index contributed by atoms with van der Waals surface area (Å²) in [4.78, 5) is 28.4. The van der Waals surface area contributed by atoms with Crippen LogP contribution in [0.25, 0.3) is 0 Å². The van der Waals surface area contributed by atoms with Gasteiger partial charge in [-0.05, 0) is 12.8 Å². The summed E-state index contributed by atoms with van der Waals surface area (Å²) in [5.41, 5.74) is 5.15. The number of ether oxygens (including phenoxy) is 1. The summed E-state index contributed by atoms with van der Waals surface area (Å²) in [5.74, 6) is -0.231. The number of hydrogen-bond acceptors (Lipinski definition) is 6. The highest BCUT2D eigenvalue weighted by molar-refractivity contribution is 7.99. The Kier molecular flexibility index (Phi) is 3.87. The first-order valence-electron chi connectivity index (χ1n) is 5.42. The molecule has 2 atom stereocenters. The molecule has 0 aromatic carbocycles. The van der Waals surface area contributed by atoms with Gasteiger partial charge < -0.3 is 20.6 Å². The number of carbonyl (C=O) groups is 1. The lowest BCUT2D eigenvalue weighted by Gasteiger charge is -2.10. The second-order valence-electron chi connectivity index (χ2n) is 3.95. The Balaban J connectivity index is 1.89. The molecule has 2 rings (SSSR count). The molecular formula is C10H13N3O4S. The fraction of sp³-hybridized carbons (Fsp3) is 0.500. The lowest BCUT2D eigenvalue weighted by Crippen LogP contribution is -2.21. The van der Waals surface area contributed by atoms with Crippen LogP contribution in [0.3, 0.4) is 0 Å². The minimum absolute atomic E-state index is 0.136. The third-order valence-electron chi connectivity index (χ3n) is 2.53. The minimum Gasteiger partial charge on any atom is -0.479 e. The molecule has 1 saturated heterocycles. The Morgan fingerprint density at radius 2 is 2.44 bits per heavy atom. The summed E-state index contributed by atoms with van der Waals surface area (Å²) >= 11 is 1.30. The van der Waals surface area contributed by atoms with Gasteiger partial charge in [-0.1, -0.05) is 11.8 Å². The zero-order valence-electron chi connectivity index (χ0n) is 9.46. The number of nitrogens with two attached hydrogens (primary N) is 1. The van der Waals surface area contributed by atoms with E-state index in [0.717, 1.165) is 0 Å². The number of rotatable bonds is 4. The van der Waals surface area contributed by atoms with Gasteiger partial charge in [0.05, 0.1) is 6.10 Å². The van der Waals surface area contributed by atoms with Gasteiger partial charge in [-0.3, -0.25) is 4.79 Å². The summed E-state index contributed by atoms with van der Waals surface area (Å²) in [6, 6.07) is 1.20. The van der Waals surface area contributed by atoms with Crippen LogP contribution in [0.15, 0.2) is 16.0 Å². The normalized spacial score (nSPS) is 23.1. The van der Waals surface area contributed by atoms with Crippen LogP contribution < -0.4 is 11.3 Å². The fourth-order valence-electron chi connectivity index (χ4n) is 1.70. The van der Waals surface area contributed by atoms with Crippen molar-refractivity contribution in [2.24, 2.45) is 0 Å². The first-order chi connectivity index (χ1) is 8.54. The monoisotopic (exact) mass is 271 g/mol. The standard InChI is InChI=1S/C10H13N3O4S/c11-7-3-8(14)13-10(12-7)18-4-5-1-2-6(17-5)9(15)16/h3,5-6H,1-2,4H2,(H,15,16)(H3,11,12,13,14). The van der Waals surface area contributed by atoms with Crippen LogP contribution in [0.5, 0.6) is 0 Å². The van der Waals surface area contributed by atoms with E-state index in [1.54, 1.807) is 0 Å². The quantitative estimate of drug-likeness (QED) is 0.524. The maximum Gasteiger partial charge on any atom is 0.332 e. The highest BCUT2D eigenvalue weighted by Gasteiger charge is 2.30. The zero-order chi connectivity index (χ0) is 13.1. The Bertz CT molecular complexity index is 504. The predicted octanol–water partition coefficient (Wildman–Crippen LogP) is 0.0764. The van der Waals surface area contributed by atoms with Crippen molar-refractivity contribution < 1.29 is 14.6 Å². The molecule has 2 unspecified atom stereocenters. The second-order valence-corrected chi connectivity index (χ2v) is 4.96. The van der Waals surface area contributed by atoms with Crippen LogP contribution in [0, 0.1) is 0 Å². The Labute approximate surface area is 107 Å². The lowest BCUT2D eigenvalue weighted by atomic mass is 10.2. The number of aromatic amines is 1. The molecule has 0 aliphatic carbocycles. The molecule has 1 aromatic heterocycles. The van der Waals surface area contributed by atoms with Crippen LogP contribution in [-0.4, -0.2) is 39.0 Å². The van der Waals surface area contributed by atoms with E-state index in [2.05, 4.69) is 9.97 Å². The van der Waals surface area contributed by atoms with Crippen molar-refractivity contribution in [3.63, 3.8) is 0 Å². The number of H-pyrrole nitrogens is 1. The van der Waals surface area contributed by atoms with Crippen molar-refractivity contribution in [1.82, 2.24) is 9.97 Å². The third kappa shape index (κ3) is 3.23. The summed E-state index contributed by atoms with van der Waals surface area (Å²) in [5, 5.41) is 9.20. The molecule has 0 radical (unpaired) electrons. The molecule has 0 amide bonds. The van der Waals surface area contributed by atoms with Crippen molar-refractivity contribution in [2.45, 2.75) is 30.2 Å². The highest BCUT2D eigenvalue weighted by Crippen LogP contribution is 2.25. The number of nitrogen functional groups attached to an aromatic ring is 1. The molecule has 4 N–H and O–H groups in total. The number of carboxylic acid groups (broad SMARTS) is 1. The molecule has 7 nitrogen and oxygen atoms in total. The van der Waals surface area contributed by atoms with Gasteiger partial charge in [0, 0.05) is 11.8 Å². The van der Waals surface area contributed by atoms with Crippen molar-refractivity contribution in [3.05, 3.63) is 16.4 Å². The van der Waals surface area contributed by atoms with E-state index in [1.165, 1.54) is 17.8 Å². The maximum absolute atomic E-state index is 11.2. The van der Waals surface area contributed by atoms with E-state index >= 15 is 0 Å². The van der Waals surface area contributed by atoms with Gasteiger partial charge in [0.2, 0.25) is 0 Å². The number of carboxylic acids is 1. The molecule has 98 valence electrons. The van der Waals surface area contributed by atoms with E-state index in [0.29, 0.717) is 23.8 Å². The van der Waals surface area contributed by atoms with Gasteiger partial charge in [-0.15, -0.1) is 0 Å². The van der Waals surface area contributed by atoms with Crippen LogP contribution in [-0.2, 0) is 9.53 Å². The van der Waals surface area contributed by atoms with Crippen LogP contribution in [0.4, 0.5) is 5.82 Å². The Morgan fingerprint density at radius 3 is 3.06 bits per heavy atom. The van der Waals surface area contributed by atoms with Gasteiger partial charge in [-0.2, -0.15) is 0 Å². The van der Waals surface area contributed by atoms with E-state index < -0.39 is 12.1 Å². The summed E-state index contributed by atoms with van der Waals surface area (Å²) in [6.07, 6.45) is 0.351. The number of hydrogen-bond donors (Lipinski definition) is 3. The molecule has 2 heterocycles.